The maximum Gasteiger partial charge on any atom is 0.275 e. The quantitative estimate of drug-likeness (QED) is 0.177. The molecule has 0 saturated heterocycles. The number of benzene rings is 2. The highest BCUT2D eigenvalue weighted by Gasteiger charge is 2.19. The van der Waals surface area contributed by atoms with Gasteiger partial charge in [0.1, 0.15) is 53.7 Å². The molecule has 0 aliphatic carbocycles. The van der Waals surface area contributed by atoms with Gasteiger partial charge in [0.25, 0.3) is 11.1 Å². The van der Waals surface area contributed by atoms with E-state index in [9.17, 15) is 9.59 Å². The maximum absolute atomic E-state index is 13.0. The van der Waals surface area contributed by atoms with Gasteiger partial charge in [-0.15, -0.1) is 22.7 Å². The van der Waals surface area contributed by atoms with E-state index in [1.165, 1.54) is 22.7 Å². The van der Waals surface area contributed by atoms with Crippen molar-refractivity contribution in [1.82, 2.24) is 29.1 Å². The normalized spacial score (nSPS) is 10.9. The first kappa shape index (κ1) is 37.9. The van der Waals surface area contributed by atoms with Gasteiger partial charge in [-0.1, -0.05) is 61.8 Å². The van der Waals surface area contributed by atoms with Crippen LogP contribution in [-0.4, -0.2) is 57.3 Å². The summed E-state index contributed by atoms with van der Waals surface area (Å²) in [4.78, 5) is 49.3. The minimum atomic E-state index is -0.0994. The number of nitrogens with two attached hydrogens (primary N) is 1. The largest absolute Gasteiger partial charge is 0.384 e. The number of rotatable bonds is 4. The lowest BCUT2D eigenvalue weighted by Gasteiger charge is -2.14. The fourth-order valence-corrected chi connectivity index (χ4v) is 8.09. The zero-order valence-electron chi connectivity index (χ0n) is 28.1. The summed E-state index contributed by atoms with van der Waals surface area (Å²) in [5, 5.41) is 2.14. The van der Waals surface area contributed by atoms with E-state index in [-0.39, 0.29) is 26.0 Å². The molecule has 2 aromatic carbocycles. The van der Waals surface area contributed by atoms with Crippen molar-refractivity contribution < 1.29 is 0 Å². The van der Waals surface area contributed by atoms with Crippen molar-refractivity contribution in [2.24, 2.45) is 0 Å². The van der Waals surface area contributed by atoms with Crippen molar-refractivity contribution in [3.8, 4) is 11.4 Å². The van der Waals surface area contributed by atoms with Crippen molar-refractivity contribution in [3.63, 3.8) is 0 Å². The summed E-state index contributed by atoms with van der Waals surface area (Å²) in [5.74, 6) is 0.432. The average Bonchev–Trinajstić information content (AvgIpc) is 3.65. The number of pyridine rings is 2. The van der Waals surface area contributed by atoms with Gasteiger partial charge >= 0.3 is 0 Å². The van der Waals surface area contributed by atoms with Crippen molar-refractivity contribution in [2.75, 3.05) is 43.7 Å². The molecule has 268 valence electrons. The lowest BCUT2D eigenvalue weighted by atomic mass is 10.2. The summed E-state index contributed by atoms with van der Waals surface area (Å²) < 4.78 is 4.29. The van der Waals surface area contributed by atoms with Crippen LogP contribution in [0, 0.1) is 13.8 Å². The molecular formula is C38H40ClN9O2S2. The lowest BCUT2D eigenvalue weighted by Crippen LogP contribution is -2.17. The lowest BCUT2D eigenvalue weighted by molar-refractivity contribution is 0.966. The Morgan fingerprint density at radius 2 is 1.06 bits per heavy atom. The maximum atomic E-state index is 13.0. The Hall–Kier alpha value is -5.37. The van der Waals surface area contributed by atoms with E-state index < -0.39 is 0 Å². The van der Waals surface area contributed by atoms with Gasteiger partial charge in [0.15, 0.2) is 0 Å². The van der Waals surface area contributed by atoms with Crippen LogP contribution in [-0.2, 0) is 0 Å². The number of hydrogen-bond acceptors (Lipinski definition) is 11. The molecule has 0 aliphatic heterocycles. The Morgan fingerprint density at radius 1 is 0.654 bits per heavy atom. The Bertz CT molecular complexity index is 2510. The number of halogens is 1. The number of aryl methyl sites for hydroxylation is 2. The van der Waals surface area contributed by atoms with E-state index in [1.54, 1.807) is 27.9 Å². The molecule has 0 bridgehead atoms. The third kappa shape index (κ3) is 6.70. The SMILES string of the molecule is C.C.Cc1ccc(-n2cnc3c(sc4nc(Cl)cc(N(C)C)c43)c2=O)cc1.Cc1ccc(-n2cnc3c(sc4nc(N)cc(N(C)C)c43)c2=O)cc1. The van der Waals surface area contributed by atoms with Crippen molar-refractivity contribution in [1.29, 1.82) is 0 Å². The highest BCUT2D eigenvalue weighted by atomic mass is 35.5. The van der Waals surface area contributed by atoms with E-state index in [4.69, 9.17) is 17.3 Å². The van der Waals surface area contributed by atoms with Gasteiger partial charge in [-0.2, -0.15) is 0 Å². The molecule has 0 atom stereocenters. The van der Waals surface area contributed by atoms with Crippen LogP contribution in [0.1, 0.15) is 26.0 Å². The second-order valence-corrected chi connectivity index (χ2v) is 14.6. The fourth-order valence-electron chi connectivity index (χ4n) is 5.69. The van der Waals surface area contributed by atoms with Gasteiger partial charge < -0.3 is 15.5 Å². The molecule has 0 radical (unpaired) electrons. The second kappa shape index (κ2) is 14.7. The summed E-state index contributed by atoms with van der Waals surface area (Å²) in [7, 11) is 7.74. The monoisotopic (exact) mass is 753 g/mol. The van der Waals surface area contributed by atoms with Crippen LogP contribution in [0.25, 0.3) is 52.2 Å². The average molecular weight is 754 g/mol. The number of hydrogen-bond donors (Lipinski definition) is 1. The molecule has 0 spiro atoms. The first-order valence-electron chi connectivity index (χ1n) is 15.5. The standard InChI is InChI=1S/C18H15ClN4OS.C18H17N5OS.2CH4/c2*1-10-4-6-11(7-5-10)23-9-20-15-14-12(22(2)3)8-13(19)21-17(14)25-16(15)18(23)24;;/h4-9H,1-3H3;4-9H,1-3H3,(H2,19,21);2*1H4. The zero-order valence-corrected chi connectivity index (χ0v) is 30.5. The van der Waals surface area contributed by atoms with Crippen LogP contribution in [0.3, 0.4) is 0 Å². The zero-order chi connectivity index (χ0) is 35.4. The van der Waals surface area contributed by atoms with Gasteiger partial charge in [0, 0.05) is 34.3 Å². The van der Waals surface area contributed by atoms with Gasteiger partial charge in [-0.25, -0.2) is 19.9 Å². The van der Waals surface area contributed by atoms with Crippen LogP contribution in [0.15, 0.2) is 82.9 Å². The van der Waals surface area contributed by atoms with Crippen LogP contribution in [0.2, 0.25) is 5.15 Å². The second-order valence-electron chi connectivity index (χ2n) is 12.2. The van der Waals surface area contributed by atoms with Gasteiger partial charge in [0.05, 0.1) is 33.5 Å². The van der Waals surface area contributed by atoms with E-state index in [0.29, 0.717) is 31.4 Å². The van der Waals surface area contributed by atoms with E-state index in [2.05, 4.69) is 19.9 Å². The summed E-state index contributed by atoms with van der Waals surface area (Å²) in [6, 6.07) is 19.2. The minimum Gasteiger partial charge on any atom is -0.384 e. The summed E-state index contributed by atoms with van der Waals surface area (Å²) >= 11 is 8.80. The molecule has 14 heteroatoms. The third-order valence-electron chi connectivity index (χ3n) is 8.24. The Balaban J connectivity index is 0.000000194. The first-order chi connectivity index (χ1) is 23.9. The van der Waals surface area contributed by atoms with Gasteiger partial charge in [0.2, 0.25) is 0 Å². The van der Waals surface area contributed by atoms with Crippen molar-refractivity contribution in [3.05, 3.63) is 110 Å². The van der Waals surface area contributed by atoms with E-state index in [0.717, 1.165) is 54.3 Å². The third-order valence-corrected chi connectivity index (χ3v) is 10.6. The predicted molar refractivity (Wildman–Crippen MR) is 222 cm³/mol. The number of thiophene rings is 2. The Labute approximate surface area is 314 Å². The smallest absolute Gasteiger partial charge is 0.275 e. The first-order valence-corrected chi connectivity index (χ1v) is 17.5. The number of nitrogen functional groups attached to an aromatic ring is 1. The topological polar surface area (TPSA) is 128 Å². The molecule has 0 aliphatic rings. The number of aromatic nitrogens is 6. The molecule has 8 aromatic rings. The summed E-state index contributed by atoms with van der Waals surface area (Å²) in [6.45, 7) is 4.02. The molecule has 11 nitrogen and oxygen atoms in total. The molecule has 0 amide bonds. The van der Waals surface area contributed by atoms with Crippen LogP contribution < -0.4 is 26.7 Å². The molecule has 0 saturated carbocycles. The molecule has 2 N–H and O–H groups in total. The van der Waals surface area contributed by atoms with E-state index >= 15 is 0 Å². The van der Waals surface area contributed by atoms with Crippen LogP contribution in [0.5, 0.6) is 0 Å². The molecule has 6 aromatic heterocycles. The number of fused-ring (bicyclic) bond motifs is 6. The minimum absolute atomic E-state index is 0. The van der Waals surface area contributed by atoms with Crippen LogP contribution in [0.4, 0.5) is 17.2 Å². The Morgan fingerprint density at radius 3 is 1.48 bits per heavy atom. The number of nitrogens with zero attached hydrogens (tertiary/aromatic N) is 8. The molecular weight excluding hydrogens is 714 g/mol. The van der Waals surface area contributed by atoms with Crippen LogP contribution >= 0.6 is 34.3 Å². The summed E-state index contributed by atoms with van der Waals surface area (Å²) in [6.07, 6.45) is 3.16. The molecule has 0 unspecified atom stereocenters. The van der Waals surface area contributed by atoms with Gasteiger partial charge in [-0.05, 0) is 44.2 Å². The molecule has 8 rings (SSSR count). The van der Waals surface area contributed by atoms with Gasteiger partial charge in [-0.3, -0.25) is 18.7 Å². The molecule has 0 fully saturated rings. The predicted octanol–water partition coefficient (Wildman–Crippen LogP) is 8.25. The highest BCUT2D eigenvalue weighted by molar-refractivity contribution is 7.25. The van der Waals surface area contributed by atoms with Crippen molar-refractivity contribution >= 4 is 92.3 Å². The fraction of sp³-hybridized carbons (Fsp3) is 0.211. The molecule has 52 heavy (non-hydrogen) atoms. The summed E-state index contributed by atoms with van der Waals surface area (Å²) in [5.41, 5.74) is 12.7. The van der Waals surface area contributed by atoms with Crippen molar-refractivity contribution in [2.45, 2.75) is 28.7 Å². The Kier molecular flexibility index (Phi) is 10.7. The van der Waals surface area contributed by atoms with E-state index in [1.807, 2.05) is 106 Å². The molecule has 6 heterocycles. The number of anilines is 3. The highest BCUT2D eigenvalue weighted by Crippen LogP contribution is 2.38.